The molecule has 0 unspecified atom stereocenters. The maximum atomic E-state index is 13.0. The van der Waals surface area contributed by atoms with Crippen molar-refractivity contribution < 1.29 is 23.9 Å². The van der Waals surface area contributed by atoms with Gasteiger partial charge < -0.3 is 9.47 Å². The van der Waals surface area contributed by atoms with Gasteiger partial charge in [-0.2, -0.15) is 10.2 Å². The molecular formula is C23H22N4O5. The lowest BCUT2D eigenvalue weighted by molar-refractivity contribution is -0.148. The van der Waals surface area contributed by atoms with Crippen LogP contribution in [0.1, 0.15) is 36.4 Å². The maximum Gasteiger partial charge on any atom is 0.355 e. The first kappa shape index (κ1) is 21.2. The molecule has 2 heterocycles. The number of nitrogens with one attached hydrogen (secondary N) is 1. The van der Waals surface area contributed by atoms with E-state index in [9.17, 15) is 14.4 Å². The summed E-state index contributed by atoms with van der Waals surface area (Å²) in [5, 5.41) is 9.61. The monoisotopic (exact) mass is 434 g/mol. The van der Waals surface area contributed by atoms with Gasteiger partial charge in [0.25, 0.3) is 5.91 Å². The van der Waals surface area contributed by atoms with Crippen LogP contribution in [0.2, 0.25) is 0 Å². The highest BCUT2D eigenvalue weighted by molar-refractivity contribution is 6.37. The van der Waals surface area contributed by atoms with E-state index in [4.69, 9.17) is 9.47 Å². The third kappa shape index (κ3) is 4.66. The molecule has 0 radical (unpaired) electrons. The van der Waals surface area contributed by atoms with E-state index in [0.29, 0.717) is 12.2 Å². The highest BCUT2D eigenvalue weighted by Gasteiger charge is 2.34. The summed E-state index contributed by atoms with van der Waals surface area (Å²) in [6, 6.07) is 16.7. The molecule has 9 nitrogen and oxygen atoms in total. The van der Waals surface area contributed by atoms with Crippen LogP contribution in [0.15, 0.2) is 64.8 Å². The Morgan fingerprint density at radius 3 is 2.50 bits per heavy atom. The minimum Gasteiger partial charge on any atom is -0.497 e. The lowest BCUT2D eigenvalue weighted by atomic mass is 9.98. The fourth-order valence-corrected chi connectivity index (χ4v) is 3.53. The molecule has 1 N–H and O–H groups in total. The van der Waals surface area contributed by atoms with Gasteiger partial charge in [-0.05, 0) is 23.3 Å². The zero-order valence-corrected chi connectivity index (χ0v) is 17.5. The van der Waals surface area contributed by atoms with E-state index in [1.54, 1.807) is 7.11 Å². The number of rotatable bonds is 6. The van der Waals surface area contributed by atoms with Crippen LogP contribution in [0.3, 0.4) is 0 Å². The van der Waals surface area contributed by atoms with Crippen molar-refractivity contribution in [3.8, 4) is 5.75 Å². The number of benzene rings is 2. The van der Waals surface area contributed by atoms with Gasteiger partial charge in [0, 0.05) is 19.3 Å². The molecule has 0 aliphatic carbocycles. The fourth-order valence-electron chi connectivity index (χ4n) is 3.53. The Labute approximate surface area is 184 Å². The summed E-state index contributed by atoms with van der Waals surface area (Å²) >= 11 is 0. The average Bonchev–Trinajstić information content (AvgIpc) is 3.29. The summed E-state index contributed by atoms with van der Waals surface area (Å²) in [7, 11) is 1.59. The van der Waals surface area contributed by atoms with Gasteiger partial charge in [-0.3, -0.25) is 9.59 Å². The molecule has 164 valence electrons. The third-order valence-electron chi connectivity index (χ3n) is 5.24. The van der Waals surface area contributed by atoms with Crippen molar-refractivity contribution in [1.82, 2.24) is 10.4 Å². The highest BCUT2D eigenvalue weighted by atomic mass is 16.5. The van der Waals surface area contributed by atoms with E-state index < -0.39 is 18.5 Å². The number of hydrogen-bond acceptors (Lipinski definition) is 7. The molecular weight excluding hydrogens is 412 g/mol. The molecule has 2 aromatic carbocycles. The Balaban J connectivity index is 1.51. The predicted octanol–water partition coefficient (Wildman–Crippen LogP) is 2.18. The number of nitrogens with zero attached hydrogens (tertiary/aromatic N) is 3. The van der Waals surface area contributed by atoms with Crippen molar-refractivity contribution in [3.63, 3.8) is 0 Å². The molecule has 1 atom stereocenters. The molecule has 0 saturated carbocycles. The number of carbonyl (C=O) groups excluding carboxylic acids is 3. The molecule has 4 rings (SSSR count). The van der Waals surface area contributed by atoms with E-state index in [-0.39, 0.29) is 30.5 Å². The lowest BCUT2D eigenvalue weighted by Crippen LogP contribution is -2.34. The summed E-state index contributed by atoms with van der Waals surface area (Å²) in [5.74, 6) is -0.737. The number of hydrazone groups is 2. The van der Waals surface area contributed by atoms with E-state index in [1.807, 2.05) is 54.6 Å². The van der Waals surface area contributed by atoms with Gasteiger partial charge >= 0.3 is 5.97 Å². The number of methoxy groups -OCH3 is 1. The smallest absolute Gasteiger partial charge is 0.355 e. The standard InChI is InChI=1S/C23H22N4O5/c1-31-17-9-7-16(8-10-17)20-13-19(15-5-3-2-4-6-15)26-27(20)22(29)14-32-23(30)18-11-12-21(28)25-24-18/h2-10,20H,11-14H2,1H3,(H,25,28)/t20-/m0/s1. The van der Waals surface area contributed by atoms with Crippen molar-refractivity contribution in [2.75, 3.05) is 13.7 Å². The molecule has 0 bridgehead atoms. The van der Waals surface area contributed by atoms with Crippen LogP contribution in [-0.4, -0.2) is 47.9 Å². The number of carbonyl (C=O) groups is 3. The molecule has 0 fully saturated rings. The van der Waals surface area contributed by atoms with Gasteiger partial charge in [-0.1, -0.05) is 42.5 Å². The van der Waals surface area contributed by atoms with Gasteiger partial charge in [0.15, 0.2) is 6.61 Å². The Hall–Kier alpha value is -4.01. The van der Waals surface area contributed by atoms with Crippen LogP contribution in [0.25, 0.3) is 0 Å². The lowest BCUT2D eigenvalue weighted by Gasteiger charge is -2.22. The summed E-state index contributed by atoms with van der Waals surface area (Å²) < 4.78 is 10.4. The maximum absolute atomic E-state index is 13.0. The Morgan fingerprint density at radius 1 is 1.09 bits per heavy atom. The zero-order valence-electron chi connectivity index (χ0n) is 17.5. The second-order valence-corrected chi connectivity index (χ2v) is 7.31. The van der Waals surface area contributed by atoms with Crippen molar-refractivity contribution in [2.45, 2.75) is 25.3 Å². The highest BCUT2D eigenvalue weighted by Crippen LogP contribution is 2.33. The average molecular weight is 434 g/mol. The van der Waals surface area contributed by atoms with Crippen LogP contribution in [0.5, 0.6) is 5.75 Å². The van der Waals surface area contributed by atoms with Gasteiger partial charge in [0.05, 0.1) is 18.9 Å². The topological polar surface area (TPSA) is 110 Å². The van der Waals surface area contributed by atoms with Gasteiger partial charge in [-0.15, -0.1) is 0 Å². The van der Waals surface area contributed by atoms with Crippen molar-refractivity contribution in [3.05, 3.63) is 65.7 Å². The SMILES string of the molecule is COc1ccc([C@@H]2CC(c3ccccc3)=NN2C(=O)COC(=O)C2=NNC(=O)CC2)cc1. The predicted molar refractivity (Wildman–Crippen MR) is 116 cm³/mol. The molecule has 2 aliphatic rings. The molecule has 2 amide bonds. The van der Waals surface area contributed by atoms with Crippen LogP contribution in [0.4, 0.5) is 0 Å². The largest absolute Gasteiger partial charge is 0.497 e. The molecule has 0 spiro atoms. The molecule has 0 saturated heterocycles. The molecule has 2 aliphatic heterocycles. The molecule has 0 aromatic heterocycles. The third-order valence-corrected chi connectivity index (χ3v) is 5.24. The normalized spacial score (nSPS) is 17.8. The number of amides is 2. The number of hydrogen-bond donors (Lipinski definition) is 1. The second-order valence-electron chi connectivity index (χ2n) is 7.31. The Morgan fingerprint density at radius 2 is 1.84 bits per heavy atom. The van der Waals surface area contributed by atoms with Gasteiger partial charge in [0.1, 0.15) is 11.5 Å². The van der Waals surface area contributed by atoms with Crippen molar-refractivity contribution >= 4 is 29.2 Å². The first-order chi connectivity index (χ1) is 15.5. The van der Waals surface area contributed by atoms with E-state index in [1.165, 1.54) is 5.01 Å². The molecule has 2 aromatic rings. The number of ether oxygens (including phenoxy) is 2. The van der Waals surface area contributed by atoms with E-state index in [2.05, 4.69) is 15.6 Å². The zero-order chi connectivity index (χ0) is 22.5. The van der Waals surface area contributed by atoms with E-state index in [0.717, 1.165) is 16.8 Å². The Kier molecular flexibility index (Phi) is 6.25. The van der Waals surface area contributed by atoms with Gasteiger partial charge in [-0.25, -0.2) is 15.2 Å². The summed E-state index contributed by atoms with van der Waals surface area (Å²) in [4.78, 5) is 36.4. The minimum atomic E-state index is -0.731. The van der Waals surface area contributed by atoms with E-state index >= 15 is 0 Å². The summed E-state index contributed by atoms with van der Waals surface area (Å²) in [5.41, 5.74) is 4.90. The van der Waals surface area contributed by atoms with Gasteiger partial charge in [0.2, 0.25) is 5.91 Å². The Bertz CT molecular complexity index is 1080. The summed E-state index contributed by atoms with van der Waals surface area (Å²) in [6.07, 6.45) is 0.848. The number of esters is 1. The minimum absolute atomic E-state index is 0.0824. The second kappa shape index (κ2) is 9.42. The van der Waals surface area contributed by atoms with Crippen LogP contribution in [0, 0.1) is 0 Å². The van der Waals surface area contributed by atoms with Crippen LogP contribution >= 0.6 is 0 Å². The van der Waals surface area contributed by atoms with Crippen molar-refractivity contribution in [1.29, 1.82) is 0 Å². The van der Waals surface area contributed by atoms with Crippen molar-refractivity contribution in [2.24, 2.45) is 10.2 Å². The fraction of sp³-hybridized carbons (Fsp3) is 0.261. The molecule has 32 heavy (non-hydrogen) atoms. The summed E-state index contributed by atoms with van der Waals surface area (Å²) in [6.45, 7) is -0.482. The molecule has 9 heteroatoms. The quantitative estimate of drug-likeness (QED) is 0.701. The van der Waals surface area contributed by atoms with Crippen LogP contribution in [-0.2, 0) is 19.1 Å². The first-order valence-corrected chi connectivity index (χ1v) is 10.2. The first-order valence-electron chi connectivity index (χ1n) is 10.2. The van der Waals surface area contributed by atoms with Crippen LogP contribution < -0.4 is 10.2 Å².